The van der Waals surface area contributed by atoms with Gasteiger partial charge >= 0.3 is 5.97 Å². The van der Waals surface area contributed by atoms with Gasteiger partial charge in [-0.25, -0.2) is 14.2 Å². The number of hydrogen-bond donors (Lipinski definition) is 3. The van der Waals surface area contributed by atoms with Crippen LogP contribution in [0, 0.1) is 5.82 Å². The van der Waals surface area contributed by atoms with Crippen LogP contribution in [-0.2, 0) is 17.6 Å². The maximum Gasteiger partial charge on any atom is 0.338 e. The van der Waals surface area contributed by atoms with Gasteiger partial charge in [0.1, 0.15) is 5.82 Å². The molecule has 0 spiro atoms. The fraction of sp³-hybridized carbons (Fsp3) is 0.389. The van der Waals surface area contributed by atoms with Gasteiger partial charge in [-0.3, -0.25) is 4.79 Å². The Morgan fingerprint density at radius 1 is 1.41 bits per heavy atom. The molecule has 0 aliphatic heterocycles. The van der Waals surface area contributed by atoms with Crippen molar-refractivity contribution in [2.45, 2.75) is 32.2 Å². The van der Waals surface area contributed by atoms with E-state index in [0.717, 1.165) is 17.2 Å². The Morgan fingerprint density at radius 2 is 2.19 bits per heavy atom. The van der Waals surface area contributed by atoms with Crippen LogP contribution in [0.3, 0.4) is 0 Å². The first-order chi connectivity index (χ1) is 12.9. The number of carbonyl (C=O) groups excluding carboxylic acids is 1. The average molecular weight is 412 g/mol. The predicted molar refractivity (Wildman–Crippen MR) is 107 cm³/mol. The van der Waals surface area contributed by atoms with Crippen molar-refractivity contribution in [3.8, 4) is 0 Å². The van der Waals surface area contributed by atoms with E-state index in [1.165, 1.54) is 23.5 Å². The number of thiazole rings is 1. The number of aromatic nitrogens is 1. The van der Waals surface area contributed by atoms with Gasteiger partial charge in [-0.15, -0.1) is 11.3 Å². The number of anilines is 1. The van der Waals surface area contributed by atoms with Gasteiger partial charge in [0, 0.05) is 5.38 Å². The molecular weight excluding hydrogens is 389 g/mol. The van der Waals surface area contributed by atoms with Crippen LogP contribution >= 0.6 is 23.1 Å². The van der Waals surface area contributed by atoms with Gasteiger partial charge in [-0.1, -0.05) is 13.0 Å². The predicted octanol–water partition coefficient (Wildman–Crippen LogP) is 3.17. The number of carbonyl (C=O) groups is 2. The number of halogens is 1. The zero-order chi connectivity index (χ0) is 19.8. The zero-order valence-electron chi connectivity index (χ0n) is 14.9. The summed E-state index contributed by atoms with van der Waals surface area (Å²) in [6.07, 6.45) is 1.68. The second-order valence-corrected chi connectivity index (χ2v) is 8.10. The maximum atomic E-state index is 13.7. The van der Waals surface area contributed by atoms with Crippen LogP contribution in [0.5, 0.6) is 0 Å². The number of carboxylic acids is 1. The number of amides is 1. The van der Waals surface area contributed by atoms with E-state index in [-0.39, 0.29) is 11.5 Å². The van der Waals surface area contributed by atoms with Crippen LogP contribution in [0.15, 0.2) is 23.6 Å². The monoisotopic (exact) mass is 411 g/mol. The number of benzene rings is 1. The van der Waals surface area contributed by atoms with Crippen LogP contribution in [0.2, 0.25) is 0 Å². The summed E-state index contributed by atoms with van der Waals surface area (Å²) < 4.78 is 13.7. The minimum absolute atomic E-state index is 0.251. The second kappa shape index (κ2) is 10.4. The number of thioether (sulfide) groups is 1. The molecule has 1 aromatic heterocycles. The molecule has 0 aliphatic carbocycles. The van der Waals surface area contributed by atoms with Crippen molar-refractivity contribution in [2.24, 2.45) is 5.73 Å². The van der Waals surface area contributed by atoms with Gasteiger partial charge in [-0.05, 0) is 48.5 Å². The number of rotatable bonds is 10. The van der Waals surface area contributed by atoms with E-state index >= 15 is 0 Å². The highest BCUT2D eigenvalue weighted by Crippen LogP contribution is 2.18. The highest BCUT2D eigenvalue weighted by Gasteiger charge is 2.15. The van der Waals surface area contributed by atoms with Crippen molar-refractivity contribution in [1.29, 1.82) is 0 Å². The fourth-order valence-corrected chi connectivity index (χ4v) is 3.78. The molecule has 1 amide bonds. The maximum absolute atomic E-state index is 13.7. The molecule has 6 nitrogen and oxygen atoms in total. The van der Waals surface area contributed by atoms with Crippen molar-refractivity contribution in [3.05, 3.63) is 46.2 Å². The molecule has 0 bridgehead atoms. The van der Waals surface area contributed by atoms with Crippen LogP contribution in [-0.4, -0.2) is 39.5 Å². The number of nitrogens with one attached hydrogen (secondary N) is 1. The molecule has 1 heterocycles. The Morgan fingerprint density at radius 3 is 2.85 bits per heavy atom. The van der Waals surface area contributed by atoms with E-state index in [4.69, 9.17) is 10.8 Å². The Kier molecular flexibility index (Phi) is 8.21. The third-order valence-corrected chi connectivity index (χ3v) is 5.57. The van der Waals surface area contributed by atoms with E-state index in [0.29, 0.717) is 30.0 Å². The van der Waals surface area contributed by atoms with Crippen LogP contribution in [0.25, 0.3) is 0 Å². The number of nitrogens with two attached hydrogens (primary N) is 1. The summed E-state index contributed by atoms with van der Waals surface area (Å²) in [5.41, 5.74) is 6.99. The number of nitrogens with zero attached hydrogens (tertiary/aromatic N) is 1. The van der Waals surface area contributed by atoms with Crippen LogP contribution < -0.4 is 11.1 Å². The van der Waals surface area contributed by atoms with Crippen molar-refractivity contribution in [2.75, 3.05) is 16.8 Å². The van der Waals surface area contributed by atoms with E-state index < -0.39 is 17.8 Å². The van der Waals surface area contributed by atoms with Crippen LogP contribution in [0.1, 0.15) is 35.0 Å². The first-order valence-corrected chi connectivity index (χ1v) is 10.5. The number of aryl methyl sites for hydroxylation is 2. The van der Waals surface area contributed by atoms with Crippen molar-refractivity contribution in [1.82, 2.24) is 4.98 Å². The summed E-state index contributed by atoms with van der Waals surface area (Å²) in [6, 6.07) is 3.52. The lowest BCUT2D eigenvalue weighted by Gasteiger charge is -2.09. The molecule has 0 saturated carbocycles. The van der Waals surface area contributed by atoms with Gasteiger partial charge in [0.25, 0.3) is 0 Å². The van der Waals surface area contributed by atoms with Gasteiger partial charge in [-0.2, -0.15) is 11.8 Å². The molecule has 9 heteroatoms. The standard InChI is InChI=1S/C18H22FN3O3S2/c1-2-26-8-7-15(20)16(23)22-18-21-12(10-27-18)5-3-11-4-6-13(17(24)25)14(19)9-11/h4,6,9-10,15H,2-3,5,7-8,20H2,1H3,(H,24,25)(H,21,22,23)/t15-/m0/s1. The Hall–Kier alpha value is -1.97. The number of carboxylic acid groups (broad SMARTS) is 1. The van der Waals surface area contributed by atoms with Crippen LogP contribution in [0.4, 0.5) is 9.52 Å². The molecule has 0 saturated heterocycles. The van der Waals surface area contributed by atoms with E-state index in [1.807, 2.05) is 5.38 Å². The third kappa shape index (κ3) is 6.60. The lowest BCUT2D eigenvalue weighted by molar-refractivity contribution is -0.117. The molecule has 2 rings (SSSR count). The molecule has 27 heavy (non-hydrogen) atoms. The summed E-state index contributed by atoms with van der Waals surface area (Å²) in [6.45, 7) is 2.06. The lowest BCUT2D eigenvalue weighted by atomic mass is 10.1. The minimum atomic E-state index is -1.29. The van der Waals surface area contributed by atoms with Crippen molar-refractivity contribution in [3.63, 3.8) is 0 Å². The number of hydrogen-bond acceptors (Lipinski definition) is 6. The first-order valence-electron chi connectivity index (χ1n) is 8.51. The molecule has 0 radical (unpaired) electrons. The van der Waals surface area contributed by atoms with E-state index in [9.17, 15) is 14.0 Å². The molecule has 0 fully saturated rings. The van der Waals surface area contributed by atoms with E-state index in [2.05, 4.69) is 17.2 Å². The fourth-order valence-electron chi connectivity index (χ4n) is 2.32. The number of aromatic carboxylic acids is 1. The summed E-state index contributed by atoms with van der Waals surface area (Å²) >= 11 is 3.05. The minimum Gasteiger partial charge on any atom is -0.478 e. The SMILES string of the molecule is CCSCC[C@H](N)C(=O)Nc1nc(CCc2ccc(C(=O)O)c(F)c2)cs1. The highest BCUT2D eigenvalue weighted by atomic mass is 32.2. The lowest BCUT2D eigenvalue weighted by Crippen LogP contribution is -2.36. The molecule has 4 N–H and O–H groups in total. The molecule has 0 unspecified atom stereocenters. The summed E-state index contributed by atoms with van der Waals surface area (Å²) in [7, 11) is 0. The smallest absolute Gasteiger partial charge is 0.338 e. The largest absolute Gasteiger partial charge is 0.478 e. The topological polar surface area (TPSA) is 105 Å². The molecule has 1 aromatic carbocycles. The summed E-state index contributed by atoms with van der Waals surface area (Å²) in [5, 5.41) is 13.9. The summed E-state index contributed by atoms with van der Waals surface area (Å²) in [5.74, 6) is -0.454. The molecule has 2 aromatic rings. The first kappa shape index (κ1) is 21.3. The molecule has 1 atom stereocenters. The molecule has 146 valence electrons. The summed E-state index contributed by atoms with van der Waals surface area (Å²) in [4.78, 5) is 27.2. The quantitative estimate of drug-likeness (QED) is 0.519. The third-order valence-electron chi connectivity index (χ3n) is 3.83. The normalized spacial score (nSPS) is 12.0. The van der Waals surface area contributed by atoms with E-state index in [1.54, 1.807) is 17.8 Å². The molecule has 0 aliphatic rings. The second-order valence-electron chi connectivity index (χ2n) is 5.84. The van der Waals surface area contributed by atoms with Gasteiger partial charge in [0.2, 0.25) is 5.91 Å². The highest BCUT2D eigenvalue weighted by molar-refractivity contribution is 7.99. The Balaban J connectivity index is 1.86. The average Bonchev–Trinajstić information content (AvgIpc) is 3.07. The Labute approximate surface area is 165 Å². The van der Waals surface area contributed by atoms with Crippen molar-refractivity contribution >= 4 is 40.1 Å². The van der Waals surface area contributed by atoms with Gasteiger partial charge in [0.15, 0.2) is 5.13 Å². The van der Waals surface area contributed by atoms with Crippen molar-refractivity contribution < 1.29 is 19.1 Å². The van der Waals surface area contributed by atoms with Gasteiger partial charge < -0.3 is 16.2 Å². The zero-order valence-corrected chi connectivity index (χ0v) is 16.5. The Bertz CT molecular complexity index is 798. The van der Waals surface area contributed by atoms with Gasteiger partial charge in [0.05, 0.1) is 17.3 Å². The molecular formula is C18H22FN3O3S2.